The number of amides is 2. The van der Waals surface area contributed by atoms with E-state index in [4.69, 9.17) is 0 Å². The molecule has 0 aromatic heterocycles. The normalized spacial score (nSPS) is 18.9. The molecule has 1 aromatic carbocycles. The van der Waals surface area contributed by atoms with Gasteiger partial charge >= 0.3 is 0 Å². The first-order valence-corrected chi connectivity index (χ1v) is 6.12. The third-order valence-corrected chi connectivity index (χ3v) is 3.01. The van der Waals surface area contributed by atoms with Crippen molar-refractivity contribution in [3.63, 3.8) is 0 Å². The molecule has 0 radical (unpaired) electrons. The quantitative estimate of drug-likeness (QED) is 0.770. The van der Waals surface area contributed by atoms with Crippen LogP contribution in [0, 0.1) is 0 Å². The molecule has 2 amide bonds. The van der Waals surface area contributed by atoms with E-state index < -0.39 is 0 Å². The summed E-state index contributed by atoms with van der Waals surface area (Å²) in [6, 6.07) is 7.29. The van der Waals surface area contributed by atoms with Gasteiger partial charge in [-0.2, -0.15) is 0 Å². The fourth-order valence-corrected chi connectivity index (χ4v) is 2.24. The Morgan fingerprint density at radius 1 is 1.50 bits per heavy atom. The van der Waals surface area contributed by atoms with Crippen molar-refractivity contribution in [2.75, 3.05) is 23.8 Å². The van der Waals surface area contributed by atoms with Crippen LogP contribution < -0.4 is 15.5 Å². The third kappa shape index (κ3) is 2.36. The number of hydrogen-bond donors (Lipinski definition) is 2. The van der Waals surface area contributed by atoms with Crippen molar-refractivity contribution < 1.29 is 14.9 Å². The summed E-state index contributed by atoms with van der Waals surface area (Å²) in [5.74, 6) is -0.0281. The van der Waals surface area contributed by atoms with Gasteiger partial charge in [-0.1, -0.05) is 12.1 Å². The Balaban J connectivity index is 2.43. The molecule has 5 nitrogen and oxygen atoms in total. The van der Waals surface area contributed by atoms with E-state index in [9.17, 15) is 9.59 Å². The fraction of sp³-hybridized carbons (Fsp3) is 0.385. The summed E-state index contributed by atoms with van der Waals surface area (Å²) in [5.41, 5.74) is 1.49. The van der Waals surface area contributed by atoms with Crippen LogP contribution in [0.4, 0.5) is 11.4 Å². The number of nitrogens with two attached hydrogens (primary N) is 1. The van der Waals surface area contributed by atoms with E-state index in [0.29, 0.717) is 18.7 Å². The van der Waals surface area contributed by atoms with E-state index in [2.05, 4.69) is 5.32 Å². The number of fused-ring (bicyclic) bond motifs is 1. The van der Waals surface area contributed by atoms with Crippen LogP contribution in [0.25, 0.3) is 0 Å². The molecule has 0 spiro atoms. The molecule has 2 rings (SSSR count). The van der Waals surface area contributed by atoms with Crippen LogP contribution in [0.1, 0.15) is 13.3 Å². The number of para-hydroxylation sites is 2. The van der Waals surface area contributed by atoms with Gasteiger partial charge in [0.1, 0.15) is 0 Å². The van der Waals surface area contributed by atoms with E-state index in [0.717, 1.165) is 5.69 Å². The average molecular weight is 248 g/mol. The van der Waals surface area contributed by atoms with Crippen molar-refractivity contribution >= 4 is 23.2 Å². The molecule has 1 aliphatic heterocycles. The smallest absolute Gasteiger partial charge is 0.282 e. The molecule has 0 saturated heterocycles. The molecule has 0 saturated carbocycles. The molecule has 0 aliphatic carbocycles. The number of rotatable bonds is 2. The number of carbonyl (C=O) groups excluding carboxylic acids is 2. The molecule has 1 aliphatic rings. The summed E-state index contributed by atoms with van der Waals surface area (Å²) in [4.78, 5) is 25.6. The zero-order valence-corrected chi connectivity index (χ0v) is 10.6. The summed E-state index contributed by atoms with van der Waals surface area (Å²) in [6.07, 6.45) is 0.324. The first kappa shape index (κ1) is 12.6. The number of hydrogen-bond acceptors (Lipinski definition) is 2. The molecule has 96 valence electrons. The molecule has 18 heavy (non-hydrogen) atoms. The monoisotopic (exact) mass is 248 g/mol. The number of likely N-dealkylation sites (N-methyl/N-ethyl adjacent to an activating group) is 1. The lowest BCUT2D eigenvalue weighted by atomic mass is 10.1. The average Bonchev–Trinajstić information content (AvgIpc) is 2.43. The van der Waals surface area contributed by atoms with Crippen molar-refractivity contribution in [3.8, 4) is 0 Å². The molecular formula is C13H18N3O2+. The summed E-state index contributed by atoms with van der Waals surface area (Å²) < 4.78 is 0. The number of nitrogens with one attached hydrogen (secondary N) is 1. The largest absolute Gasteiger partial charge is 0.341 e. The van der Waals surface area contributed by atoms with Gasteiger partial charge < -0.3 is 15.5 Å². The summed E-state index contributed by atoms with van der Waals surface area (Å²) >= 11 is 0. The first-order valence-electron chi connectivity index (χ1n) is 6.12. The number of benzene rings is 1. The van der Waals surface area contributed by atoms with Gasteiger partial charge in [-0.05, 0) is 19.1 Å². The Hall–Kier alpha value is -1.88. The minimum Gasteiger partial charge on any atom is -0.341 e. The summed E-state index contributed by atoms with van der Waals surface area (Å²) in [6.45, 7) is 2.28. The minimum atomic E-state index is -0.124. The Morgan fingerprint density at radius 3 is 2.94 bits per heavy atom. The zero-order chi connectivity index (χ0) is 13.1. The topological polar surface area (TPSA) is 66.0 Å². The van der Waals surface area contributed by atoms with Gasteiger partial charge in [0.25, 0.3) is 5.91 Å². The molecule has 0 unspecified atom stereocenters. The molecule has 3 N–H and O–H groups in total. The van der Waals surface area contributed by atoms with Crippen LogP contribution in [-0.4, -0.2) is 31.4 Å². The predicted molar refractivity (Wildman–Crippen MR) is 69.4 cm³/mol. The molecule has 0 fully saturated rings. The maximum Gasteiger partial charge on any atom is 0.282 e. The molecule has 1 heterocycles. The highest BCUT2D eigenvalue weighted by Gasteiger charge is 2.29. The lowest BCUT2D eigenvalue weighted by Gasteiger charge is -2.26. The highest BCUT2D eigenvalue weighted by atomic mass is 16.2. The van der Waals surface area contributed by atoms with Crippen molar-refractivity contribution in [3.05, 3.63) is 24.3 Å². The Morgan fingerprint density at radius 2 is 2.22 bits per heavy atom. The number of anilines is 2. The van der Waals surface area contributed by atoms with Crippen LogP contribution in [0.15, 0.2) is 24.3 Å². The summed E-state index contributed by atoms with van der Waals surface area (Å²) in [7, 11) is 1.86. The minimum absolute atomic E-state index is 0.0222. The Kier molecular flexibility index (Phi) is 3.62. The second-order valence-electron chi connectivity index (χ2n) is 4.49. The molecule has 5 heteroatoms. The van der Waals surface area contributed by atoms with Crippen LogP contribution in [0.3, 0.4) is 0 Å². The number of carbonyl (C=O) groups is 2. The van der Waals surface area contributed by atoms with Crippen molar-refractivity contribution in [2.24, 2.45) is 0 Å². The van der Waals surface area contributed by atoms with E-state index in [1.54, 1.807) is 4.90 Å². The highest BCUT2D eigenvalue weighted by molar-refractivity contribution is 6.04. The lowest BCUT2D eigenvalue weighted by Crippen LogP contribution is -2.82. The summed E-state index contributed by atoms with van der Waals surface area (Å²) in [5, 5.41) is 4.67. The van der Waals surface area contributed by atoms with Gasteiger partial charge in [-0.15, -0.1) is 0 Å². The second-order valence-corrected chi connectivity index (χ2v) is 4.49. The van der Waals surface area contributed by atoms with Gasteiger partial charge in [0.2, 0.25) is 5.91 Å². The van der Waals surface area contributed by atoms with Crippen molar-refractivity contribution in [2.45, 2.75) is 19.4 Å². The zero-order valence-electron chi connectivity index (χ0n) is 10.6. The molecule has 0 bridgehead atoms. The molecule has 1 aromatic rings. The van der Waals surface area contributed by atoms with Gasteiger partial charge in [-0.3, -0.25) is 9.59 Å². The maximum absolute atomic E-state index is 12.2. The Bertz CT molecular complexity index is 473. The predicted octanol–water partition coefficient (Wildman–Crippen LogP) is -0.0565. The van der Waals surface area contributed by atoms with Crippen LogP contribution >= 0.6 is 0 Å². The fourth-order valence-electron chi connectivity index (χ4n) is 2.24. The van der Waals surface area contributed by atoms with E-state index in [1.807, 2.05) is 43.6 Å². The van der Waals surface area contributed by atoms with E-state index in [-0.39, 0.29) is 17.9 Å². The van der Waals surface area contributed by atoms with E-state index >= 15 is 0 Å². The SMILES string of the molecule is C[NH2+]CC(=O)N1c2ccccc2NC(=O)C[C@@H]1C. The maximum atomic E-state index is 12.2. The van der Waals surface area contributed by atoms with Gasteiger partial charge in [0.15, 0.2) is 6.54 Å². The molecular weight excluding hydrogens is 230 g/mol. The van der Waals surface area contributed by atoms with Crippen molar-refractivity contribution in [1.29, 1.82) is 0 Å². The number of nitrogens with zero attached hydrogens (tertiary/aromatic N) is 1. The lowest BCUT2D eigenvalue weighted by molar-refractivity contribution is -0.615. The van der Waals surface area contributed by atoms with Crippen LogP contribution in [0.5, 0.6) is 0 Å². The number of quaternary nitrogens is 1. The van der Waals surface area contributed by atoms with E-state index in [1.165, 1.54) is 0 Å². The van der Waals surface area contributed by atoms with Crippen LogP contribution in [-0.2, 0) is 9.59 Å². The third-order valence-electron chi connectivity index (χ3n) is 3.01. The Labute approximate surface area is 106 Å². The molecule has 1 atom stereocenters. The van der Waals surface area contributed by atoms with Crippen LogP contribution in [0.2, 0.25) is 0 Å². The standard InChI is InChI=1S/C13H17N3O2/c1-9-7-12(17)15-10-5-3-4-6-11(10)16(9)13(18)8-14-2/h3-6,9,14H,7-8H2,1-2H3,(H,15,17)/p+1/t9-/m0/s1. The highest BCUT2D eigenvalue weighted by Crippen LogP contribution is 2.30. The van der Waals surface area contributed by atoms with Gasteiger partial charge in [0, 0.05) is 12.5 Å². The van der Waals surface area contributed by atoms with Gasteiger partial charge in [-0.25, -0.2) is 0 Å². The first-order chi connectivity index (χ1) is 8.63. The van der Waals surface area contributed by atoms with Gasteiger partial charge in [0.05, 0.1) is 18.4 Å². The van der Waals surface area contributed by atoms with Crippen molar-refractivity contribution in [1.82, 2.24) is 0 Å². The second kappa shape index (κ2) is 5.18.